The van der Waals surface area contributed by atoms with E-state index in [1.54, 1.807) is 29.6 Å². The van der Waals surface area contributed by atoms with Crippen molar-refractivity contribution >= 4 is 56.4 Å². The zero-order valence-corrected chi connectivity index (χ0v) is 36.6. The maximum atomic E-state index is 15.8. The summed E-state index contributed by atoms with van der Waals surface area (Å²) < 4.78 is 73.0. The molecular formula is C46H47F3N10O6S. The lowest BCUT2D eigenvalue weighted by atomic mass is 9.87. The molecule has 4 fully saturated rings. The number of halogens is 3. The number of carbonyl (C=O) groups excluding carboxylic acids is 4. The second-order valence-corrected chi connectivity index (χ2v) is 19.6. The van der Waals surface area contributed by atoms with Crippen LogP contribution in [0.1, 0.15) is 88.3 Å². The first-order valence-electron chi connectivity index (χ1n) is 22.3. The number of fused-ring (bicyclic) bond motifs is 2. The summed E-state index contributed by atoms with van der Waals surface area (Å²) in [7, 11) is -4.37. The van der Waals surface area contributed by atoms with E-state index in [0.717, 1.165) is 80.4 Å². The number of carbonyl (C=O) groups is 4. The zero-order chi connectivity index (χ0) is 45.9. The summed E-state index contributed by atoms with van der Waals surface area (Å²) in [5.74, 6) is -2.95. The number of H-pyrrole nitrogens is 1. The smallest absolute Gasteiger partial charge is 0.301 e. The van der Waals surface area contributed by atoms with Crippen LogP contribution in [0.4, 0.5) is 24.8 Å². The lowest BCUT2D eigenvalue weighted by molar-refractivity contribution is -0.136. The van der Waals surface area contributed by atoms with Crippen LogP contribution in [-0.2, 0) is 26.3 Å². The Morgan fingerprint density at radius 2 is 1.62 bits per heavy atom. The number of imide groups is 1. The second kappa shape index (κ2) is 17.5. The van der Waals surface area contributed by atoms with Crippen LogP contribution >= 0.6 is 0 Å². The molecule has 0 bridgehead atoms. The molecule has 20 heteroatoms. The third kappa shape index (κ3) is 8.41. The van der Waals surface area contributed by atoms with Crippen LogP contribution in [0.15, 0.2) is 61.2 Å². The summed E-state index contributed by atoms with van der Waals surface area (Å²) in [6.07, 6.45) is 9.45. The topological polar surface area (TPSA) is 194 Å². The normalized spacial score (nSPS) is 21.5. The Bertz CT molecular complexity index is 2870. The largest absolute Gasteiger partial charge is 0.345 e. The molecule has 0 aliphatic carbocycles. The van der Waals surface area contributed by atoms with Gasteiger partial charge in [-0.25, -0.2) is 28.1 Å². The number of hydrogen-bond acceptors (Lipinski definition) is 11. The number of alkyl halides is 1. The summed E-state index contributed by atoms with van der Waals surface area (Å²) in [5, 5.41) is 2.65. The fraction of sp³-hybridized carbons (Fsp3) is 0.413. The van der Waals surface area contributed by atoms with Crippen LogP contribution in [0.3, 0.4) is 0 Å². The summed E-state index contributed by atoms with van der Waals surface area (Å²) in [6.45, 7) is 4.48. The van der Waals surface area contributed by atoms with Gasteiger partial charge in [-0.1, -0.05) is 12.1 Å². The van der Waals surface area contributed by atoms with Gasteiger partial charge in [0.15, 0.2) is 5.82 Å². The van der Waals surface area contributed by atoms with Crippen molar-refractivity contribution in [2.24, 2.45) is 5.92 Å². The number of anilines is 2. The van der Waals surface area contributed by atoms with Gasteiger partial charge in [-0.3, -0.25) is 29.2 Å². The molecule has 4 saturated heterocycles. The molecule has 5 aromatic rings. The Balaban J connectivity index is 0.730. The maximum Gasteiger partial charge on any atom is 0.301 e. The molecular weight excluding hydrogens is 878 g/mol. The molecule has 3 amide bonds. The van der Waals surface area contributed by atoms with Crippen molar-refractivity contribution < 1.29 is 40.8 Å². The van der Waals surface area contributed by atoms with Crippen molar-refractivity contribution in [1.82, 2.24) is 39.4 Å². The zero-order valence-electron chi connectivity index (χ0n) is 35.8. The molecule has 5 aliphatic heterocycles. The highest BCUT2D eigenvalue weighted by Crippen LogP contribution is 2.35. The van der Waals surface area contributed by atoms with Gasteiger partial charge in [0.1, 0.15) is 23.7 Å². The summed E-state index contributed by atoms with van der Waals surface area (Å²) in [5.41, 5.74) is 2.58. The van der Waals surface area contributed by atoms with Crippen LogP contribution in [0, 0.1) is 17.6 Å². The number of benzene rings is 2. The highest BCUT2D eigenvalue weighted by Gasteiger charge is 2.40. The minimum Gasteiger partial charge on any atom is -0.345 e. The second-order valence-electron chi connectivity index (χ2n) is 17.9. The van der Waals surface area contributed by atoms with E-state index in [1.807, 2.05) is 10.8 Å². The van der Waals surface area contributed by atoms with Gasteiger partial charge in [-0.15, -0.1) is 0 Å². The number of rotatable bonds is 11. The van der Waals surface area contributed by atoms with E-state index in [9.17, 15) is 32.0 Å². The number of hydrogen-bond donors (Lipinski definition) is 3. The molecule has 0 spiro atoms. The number of ketones is 1. The molecule has 16 nitrogen and oxygen atoms in total. The third-order valence-corrected chi connectivity index (χ3v) is 15.2. The van der Waals surface area contributed by atoms with E-state index < -0.39 is 63.5 Å². The van der Waals surface area contributed by atoms with Crippen LogP contribution < -0.4 is 14.9 Å². The first kappa shape index (κ1) is 43.6. The van der Waals surface area contributed by atoms with Crippen molar-refractivity contribution in [2.45, 2.75) is 69.6 Å². The average molecular weight is 925 g/mol. The van der Waals surface area contributed by atoms with Crippen molar-refractivity contribution in [3.05, 3.63) is 101 Å². The molecule has 2 aromatic carbocycles. The van der Waals surface area contributed by atoms with Crippen LogP contribution in [0.2, 0.25) is 0 Å². The Kier molecular flexibility index (Phi) is 11.6. The first-order chi connectivity index (χ1) is 31.8. The molecule has 66 heavy (non-hydrogen) atoms. The van der Waals surface area contributed by atoms with Crippen molar-refractivity contribution in [2.75, 3.05) is 55.4 Å². The lowest BCUT2D eigenvalue weighted by Gasteiger charge is -2.38. The number of aromatic nitrogens is 4. The van der Waals surface area contributed by atoms with Gasteiger partial charge in [0, 0.05) is 98.1 Å². The van der Waals surface area contributed by atoms with Gasteiger partial charge in [0.2, 0.25) is 23.5 Å². The molecule has 2 atom stereocenters. The van der Waals surface area contributed by atoms with Crippen LogP contribution in [0.5, 0.6) is 0 Å². The number of aromatic amines is 1. The van der Waals surface area contributed by atoms with Crippen molar-refractivity contribution in [3.63, 3.8) is 0 Å². The number of amides is 3. The number of nitrogens with zero attached hydrogens (tertiary/aromatic N) is 7. The van der Waals surface area contributed by atoms with E-state index in [2.05, 4.69) is 47.2 Å². The molecule has 344 valence electrons. The SMILES string of the molecule is O=C1CCC(N2Cc3cc(C4CCN(CC5CCN(c6ncc(-c7cnc8[nH]cc(C(=O)c9c(F)ccc(NS(=O)(=O)N%10CC[C@@H](F)C%10)c9F)c8c7)cn6)CC5)CC4)ccc3C2=O)C(=O)N1. The van der Waals surface area contributed by atoms with Crippen LogP contribution in [-0.4, -0.2) is 124 Å². The molecule has 3 aromatic heterocycles. The Morgan fingerprint density at radius 1 is 0.864 bits per heavy atom. The number of piperidine rings is 3. The predicted octanol–water partition coefficient (Wildman–Crippen LogP) is 5.09. The van der Waals surface area contributed by atoms with Crippen molar-refractivity contribution in [3.8, 4) is 11.1 Å². The average Bonchev–Trinajstić information content (AvgIpc) is 4.04. The molecule has 5 aliphatic rings. The van der Waals surface area contributed by atoms with Gasteiger partial charge < -0.3 is 19.7 Å². The molecule has 3 N–H and O–H groups in total. The highest BCUT2D eigenvalue weighted by molar-refractivity contribution is 7.90. The van der Waals surface area contributed by atoms with E-state index in [0.29, 0.717) is 53.1 Å². The van der Waals surface area contributed by atoms with Crippen molar-refractivity contribution in [1.29, 1.82) is 0 Å². The monoisotopic (exact) mass is 924 g/mol. The maximum absolute atomic E-state index is 15.8. The summed E-state index contributed by atoms with van der Waals surface area (Å²) in [4.78, 5) is 73.9. The Morgan fingerprint density at radius 3 is 2.35 bits per heavy atom. The first-order valence-corrected chi connectivity index (χ1v) is 23.7. The molecule has 0 saturated carbocycles. The van der Waals surface area contributed by atoms with E-state index in [-0.39, 0.29) is 42.2 Å². The number of likely N-dealkylation sites (tertiary alicyclic amines) is 1. The quantitative estimate of drug-likeness (QED) is 0.118. The van der Waals surface area contributed by atoms with Gasteiger partial charge in [0.05, 0.1) is 11.3 Å². The highest BCUT2D eigenvalue weighted by atomic mass is 32.2. The fourth-order valence-corrected chi connectivity index (χ4v) is 11.3. The number of pyridine rings is 1. The van der Waals surface area contributed by atoms with E-state index in [1.165, 1.54) is 11.8 Å². The minimum absolute atomic E-state index is 0.00314. The molecule has 1 unspecified atom stereocenters. The minimum atomic E-state index is -4.37. The van der Waals surface area contributed by atoms with Gasteiger partial charge in [-0.2, -0.15) is 12.7 Å². The lowest BCUT2D eigenvalue weighted by Crippen LogP contribution is -2.52. The van der Waals surface area contributed by atoms with Gasteiger partial charge in [0.25, 0.3) is 5.91 Å². The standard InChI is InChI=1S/C46H47F3N10O6S/c47-32-11-16-58(25-32)66(64,65)55-37-4-3-36(48)40(41(37)49)42(61)35-22-51-43-34(35)18-29(19-50-43)31-20-52-46(53-21-31)57-14-7-26(8-15-57)23-56-12-9-27(10-13-56)28-1-2-33-30(17-28)24-59(45(33)63)38-5-6-39(60)54-44(38)62/h1-4,17-22,26-27,32,38,55H,5-16,23-25H2,(H,50,51)(H,54,60,62)/t32-,38?/m1/s1. The van der Waals surface area contributed by atoms with Crippen LogP contribution in [0.25, 0.3) is 22.2 Å². The number of nitrogens with one attached hydrogen (secondary N) is 3. The van der Waals surface area contributed by atoms with E-state index in [4.69, 9.17) is 0 Å². The van der Waals surface area contributed by atoms with Gasteiger partial charge in [-0.05, 0) is 98.8 Å². The predicted molar refractivity (Wildman–Crippen MR) is 236 cm³/mol. The summed E-state index contributed by atoms with van der Waals surface area (Å²) >= 11 is 0. The molecule has 10 rings (SSSR count). The Hall–Kier alpha value is -6.25. The Labute approximate surface area is 378 Å². The van der Waals surface area contributed by atoms with Gasteiger partial charge >= 0.3 is 10.2 Å². The fourth-order valence-electron chi connectivity index (χ4n) is 10.0. The summed E-state index contributed by atoms with van der Waals surface area (Å²) in [6, 6.07) is 8.79. The third-order valence-electron chi connectivity index (χ3n) is 13.8. The van der Waals surface area contributed by atoms with E-state index >= 15 is 8.78 Å². The molecule has 8 heterocycles. The molecule has 0 radical (unpaired) electrons.